The Hall–Kier alpha value is -0.710. The van der Waals surface area contributed by atoms with Crippen molar-refractivity contribution in [3.63, 3.8) is 0 Å². The van der Waals surface area contributed by atoms with E-state index in [0.29, 0.717) is 17.9 Å². The molecule has 2 atom stereocenters. The maximum absolute atomic E-state index is 5.34. The van der Waals surface area contributed by atoms with Crippen molar-refractivity contribution in [3.05, 3.63) is 29.3 Å². The van der Waals surface area contributed by atoms with Crippen LogP contribution in [0.25, 0.3) is 0 Å². The van der Waals surface area contributed by atoms with Gasteiger partial charge in [0.15, 0.2) is 0 Å². The fraction of sp³-hybridized carbons (Fsp3) is 0.600. The van der Waals surface area contributed by atoms with Crippen molar-refractivity contribution in [1.29, 1.82) is 0 Å². The average Bonchev–Trinajstić information content (AvgIpc) is 2.44. The van der Waals surface area contributed by atoms with E-state index in [1.165, 1.54) is 5.56 Å². The Kier molecular flexibility index (Phi) is 7.28. The molecule has 0 aliphatic heterocycles. The number of hydrogen-bond acceptors (Lipinski definition) is 4. The monoisotopic (exact) mass is 283 g/mol. The molecule has 4 heteroatoms. The quantitative estimate of drug-likeness (QED) is 0.793. The molecular weight excluding hydrogens is 258 g/mol. The summed E-state index contributed by atoms with van der Waals surface area (Å²) in [6.07, 6.45) is 2.14. The number of hydrogen-bond donors (Lipinski definition) is 1. The van der Waals surface area contributed by atoms with Crippen LogP contribution in [-0.4, -0.2) is 32.3 Å². The van der Waals surface area contributed by atoms with Crippen molar-refractivity contribution in [3.8, 4) is 5.75 Å². The third kappa shape index (κ3) is 5.05. The van der Waals surface area contributed by atoms with Gasteiger partial charge in [0.2, 0.25) is 0 Å². The van der Waals surface area contributed by atoms with E-state index in [4.69, 9.17) is 9.47 Å². The highest BCUT2D eigenvalue weighted by atomic mass is 32.2. The van der Waals surface area contributed by atoms with Crippen LogP contribution in [0.15, 0.2) is 18.2 Å². The first-order chi connectivity index (χ1) is 9.12. The van der Waals surface area contributed by atoms with Crippen LogP contribution in [0.2, 0.25) is 0 Å². The highest BCUT2D eigenvalue weighted by molar-refractivity contribution is 7.99. The summed E-state index contributed by atoms with van der Waals surface area (Å²) in [5.41, 5.74) is 2.36. The van der Waals surface area contributed by atoms with Crippen molar-refractivity contribution < 1.29 is 9.47 Å². The van der Waals surface area contributed by atoms with Crippen molar-refractivity contribution in [1.82, 2.24) is 5.32 Å². The van der Waals surface area contributed by atoms with Gasteiger partial charge in [-0.2, -0.15) is 11.8 Å². The van der Waals surface area contributed by atoms with Gasteiger partial charge in [0.25, 0.3) is 0 Å². The molecule has 1 N–H and O–H groups in total. The lowest BCUT2D eigenvalue weighted by molar-refractivity contribution is 0.181. The highest BCUT2D eigenvalue weighted by Gasteiger charge is 2.10. The first-order valence-corrected chi connectivity index (χ1v) is 7.83. The molecule has 2 unspecified atom stereocenters. The zero-order valence-electron chi connectivity index (χ0n) is 12.5. The van der Waals surface area contributed by atoms with Gasteiger partial charge in [0.1, 0.15) is 5.75 Å². The summed E-state index contributed by atoms with van der Waals surface area (Å²) in [7, 11) is 3.39. The third-order valence-electron chi connectivity index (χ3n) is 3.22. The Bertz CT molecular complexity index is 384. The molecule has 1 aromatic rings. The number of ether oxygens (including phenoxy) is 2. The van der Waals surface area contributed by atoms with E-state index in [1.807, 2.05) is 17.8 Å². The molecule has 0 aromatic heterocycles. The zero-order chi connectivity index (χ0) is 14.3. The molecule has 0 aliphatic carbocycles. The summed E-state index contributed by atoms with van der Waals surface area (Å²) in [4.78, 5) is 0. The second kappa shape index (κ2) is 8.46. The van der Waals surface area contributed by atoms with Crippen LogP contribution in [0.4, 0.5) is 0 Å². The molecule has 0 bridgehead atoms. The van der Waals surface area contributed by atoms with E-state index >= 15 is 0 Å². The second-order valence-corrected chi connectivity index (χ2v) is 5.96. The summed E-state index contributed by atoms with van der Waals surface area (Å²) < 4.78 is 10.6. The van der Waals surface area contributed by atoms with Crippen LogP contribution < -0.4 is 10.1 Å². The molecule has 0 spiro atoms. The number of methoxy groups -OCH3 is 2. The summed E-state index contributed by atoms with van der Waals surface area (Å²) in [6, 6.07) is 6.61. The van der Waals surface area contributed by atoms with E-state index < -0.39 is 0 Å². The summed E-state index contributed by atoms with van der Waals surface area (Å²) >= 11 is 1.88. The Labute approximate surface area is 121 Å². The van der Waals surface area contributed by atoms with Crippen LogP contribution in [0, 0.1) is 0 Å². The first-order valence-electron chi connectivity index (χ1n) is 6.54. The van der Waals surface area contributed by atoms with Gasteiger partial charge in [0.05, 0.1) is 13.7 Å². The highest BCUT2D eigenvalue weighted by Crippen LogP contribution is 2.24. The third-order valence-corrected chi connectivity index (χ3v) is 4.19. The average molecular weight is 283 g/mol. The molecule has 108 valence electrons. The minimum atomic E-state index is 0.330. The minimum Gasteiger partial charge on any atom is -0.496 e. The maximum atomic E-state index is 5.34. The molecule has 19 heavy (non-hydrogen) atoms. The summed E-state index contributed by atoms with van der Waals surface area (Å²) in [5, 5.41) is 4.18. The molecule has 0 saturated carbocycles. The predicted octanol–water partition coefficient (Wildman–Crippen LogP) is 3.24. The Balaban J connectivity index is 2.74. The van der Waals surface area contributed by atoms with Crippen LogP contribution in [0.5, 0.6) is 5.75 Å². The van der Waals surface area contributed by atoms with Crippen LogP contribution in [0.1, 0.15) is 31.0 Å². The molecule has 1 rings (SSSR count). The smallest absolute Gasteiger partial charge is 0.124 e. The largest absolute Gasteiger partial charge is 0.496 e. The lowest BCUT2D eigenvalue weighted by atomic mass is 10.0. The van der Waals surface area contributed by atoms with Gasteiger partial charge in [-0.05, 0) is 30.9 Å². The SMILES string of the molecule is COCc1cc(C(C)NCC(C)SC)ccc1OC. The lowest BCUT2D eigenvalue weighted by Crippen LogP contribution is -2.25. The molecule has 1 aromatic carbocycles. The fourth-order valence-corrected chi connectivity index (χ4v) is 2.14. The van der Waals surface area contributed by atoms with E-state index in [-0.39, 0.29) is 0 Å². The van der Waals surface area contributed by atoms with Crippen molar-refractivity contribution >= 4 is 11.8 Å². The van der Waals surface area contributed by atoms with Crippen molar-refractivity contribution in [2.24, 2.45) is 0 Å². The Morgan fingerprint density at radius 2 is 2.00 bits per heavy atom. The van der Waals surface area contributed by atoms with E-state index in [0.717, 1.165) is 17.9 Å². The van der Waals surface area contributed by atoms with E-state index in [9.17, 15) is 0 Å². The number of benzene rings is 1. The summed E-state index contributed by atoms with van der Waals surface area (Å²) in [5.74, 6) is 0.885. The van der Waals surface area contributed by atoms with Gasteiger partial charge in [-0.3, -0.25) is 0 Å². The maximum Gasteiger partial charge on any atom is 0.124 e. The van der Waals surface area contributed by atoms with E-state index in [2.05, 4.69) is 37.6 Å². The first kappa shape index (κ1) is 16.3. The van der Waals surface area contributed by atoms with Gasteiger partial charge in [-0.1, -0.05) is 13.0 Å². The molecular formula is C15H25NO2S. The van der Waals surface area contributed by atoms with Crippen molar-refractivity contribution in [2.45, 2.75) is 31.7 Å². The number of nitrogens with one attached hydrogen (secondary N) is 1. The molecule has 3 nitrogen and oxygen atoms in total. The fourth-order valence-electron chi connectivity index (χ4n) is 1.88. The number of rotatable bonds is 8. The second-order valence-electron chi connectivity index (χ2n) is 4.68. The Morgan fingerprint density at radius 1 is 1.26 bits per heavy atom. The van der Waals surface area contributed by atoms with E-state index in [1.54, 1.807) is 14.2 Å². The topological polar surface area (TPSA) is 30.5 Å². The van der Waals surface area contributed by atoms with Gasteiger partial charge < -0.3 is 14.8 Å². The molecule has 0 saturated heterocycles. The number of thioether (sulfide) groups is 1. The normalized spacial score (nSPS) is 14.2. The zero-order valence-corrected chi connectivity index (χ0v) is 13.3. The molecule has 0 amide bonds. The van der Waals surface area contributed by atoms with Gasteiger partial charge in [-0.25, -0.2) is 0 Å². The van der Waals surface area contributed by atoms with Crippen LogP contribution in [0.3, 0.4) is 0 Å². The molecule has 0 aliphatic rings. The molecule has 0 heterocycles. The van der Waals surface area contributed by atoms with Gasteiger partial charge >= 0.3 is 0 Å². The Morgan fingerprint density at radius 3 is 2.58 bits per heavy atom. The van der Waals surface area contributed by atoms with Gasteiger partial charge in [-0.15, -0.1) is 0 Å². The standard InChI is InChI=1S/C15H25NO2S/c1-11(19-5)9-16-12(2)13-6-7-15(18-4)14(8-13)10-17-3/h6-8,11-12,16H,9-10H2,1-5H3. The predicted molar refractivity (Wildman–Crippen MR) is 83.1 cm³/mol. The minimum absolute atomic E-state index is 0.330. The molecule has 0 fully saturated rings. The lowest BCUT2D eigenvalue weighted by Gasteiger charge is -2.18. The van der Waals surface area contributed by atoms with Crippen molar-refractivity contribution in [2.75, 3.05) is 27.0 Å². The summed E-state index contributed by atoms with van der Waals surface area (Å²) in [6.45, 7) is 6.00. The van der Waals surface area contributed by atoms with Crippen LogP contribution in [-0.2, 0) is 11.3 Å². The van der Waals surface area contributed by atoms with Crippen LogP contribution >= 0.6 is 11.8 Å². The molecule has 0 radical (unpaired) electrons. The van der Waals surface area contributed by atoms with Gasteiger partial charge in [0, 0.05) is 30.5 Å².